The maximum Gasteiger partial charge on any atom is 0.245 e. The largest absolute Gasteiger partial charge is 0.290 e. The van der Waals surface area contributed by atoms with Gasteiger partial charge in [-0.1, -0.05) is 36.4 Å². The molecule has 26 heavy (non-hydrogen) atoms. The van der Waals surface area contributed by atoms with E-state index in [1.807, 2.05) is 53.2 Å². The zero-order chi connectivity index (χ0) is 17.9. The standard InChI is InChI=1S/C20H21N5O/c1-24(12-19-21-14-22-23-19)13-20(26)25-17-8-4-2-6-15(17)10-11-16-7-3-5-9-18(16)25/h2-9,14H,10-13H2,1H3,(H,21,22,23). The van der Waals surface area contributed by atoms with Gasteiger partial charge in [-0.15, -0.1) is 0 Å². The van der Waals surface area contributed by atoms with Gasteiger partial charge in [-0.2, -0.15) is 5.10 Å². The Bertz CT molecular complexity index is 859. The number of hydrogen-bond donors (Lipinski definition) is 1. The second kappa shape index (κ2) is 7.09. The SMILES string of the molecule is CN(CC(=O)N1c2ccccc2CCc2ccccc21)Cc1ncn[nH]1. The highest BCUT2D eigenvalue weighted by atomic mass is 16.2. The van der Waals surface area contributed by atoms with E-state index in [1.54, 1.807) is 0 Å². The van der Waals surface area contributed by atoms with Gasteiger partial charge in [-0.05, 0) is 43.1 Å². The molecule has 0 saturated carbocycles. The quantitative estimate of drug-likeness (QED) is 0.788. The minimum absolute atomic E-state index is 0.0498. The second-order valence-electron chi connectivity index (χ2n) is 6.59. The number of benzene rings is 2. The molecule has 0 aliphatic carbocycles. The van der Waals surface area contributed by atoms with Crippen molar-refractivity contribution in [1.29, 1.82) is 0 Å². The Morgan fingerprint density at radius 2 is 1.69 bits per heavy atom. The summed E-state index contributed by atoms with van der Waals surface area (Å²) in [6.07, 6.45) is 3.35. The Hall–Kier alpha value is -2.99. The maximum atomic E-state index is 13.3. The van der Waals surface area contributed by atoms with Gasteiger partial charge in [0, 0.05) is 0 Å². The zero-order valence-corrected chi connectivity index (χ0v) is 14.7. The lowest BCUT2D eigenvalue weighted by atomic mass is 10.0. The van der Waals surface area contributed by atoms with Crippen LogP contribution >= 0.6 is 0 Å². The number of anilines is 2. The van der Waals surface area contributed by atoms with Crippen molar-refractivity contribution in [3.63, 3.8) is 0 Å². The fourth-order valence-electron chi connectivity index (χ4n) is 3.47. The molecule has 2 aromatic carbocycles. The lowest BCUT2D eigenvalue weighted by Crippen LogP contribution is -2.36. The molecule has 6 heteroatoms. The van der Waals surface area contributed by atoms with Crippen molar-refractivity contribution in [3.8, 4) is 0 Å². The van der Waals surface area contributed by atoms with Gasteiger partial charge < -0.3 is 0 Å². The van der Waals surface area contributed by atoms with Crippen LogP contribution in [0.1, 0.15) is 17.0 Å². The van der Waals surface area contributed by atoms with E-state index in [2.05, 4.69) is 27.3 Å². The summed E-state index contributed by atoms with van der Waals surface area (Å²) in [6, 6.07) is 16.3. The highest BCUT2D eigenvalue weighted by molar-refractivity contribution is 6.03. The van der Waals surface area contributed by atoms with Crippen LogP contribution in [-0.4, -0.2) is 39.6 Å². The van der Waals surface area contributed by atoms with Gasteiger partial charge in [-0.3, -0.25) is 19.7 Å². The molecular weight excluding hydrogens is 326 g/mol. The number of likely N-dealkylation sites (N-methyl/N-ethyl adjacent to an activating group) is 1. The van der Waals surface area contributed by atoms with E-state index >= 15 is 0 Å². The first-order valence-electron chi connectivity index (χ1n) is 8.74. The minimum Gasteiger partial charge on any atom is -0.290 e. The molecule has 2 heterocycles. The van der Waals surface area contributed by atoms with E-state index in [-0.39, 0.29) is 5.91 Å². The minimum atomic E-state index is 0.0498. The first-order chi connectivity index (χ1) is 12.7. The Morgan fingerprint density at radius 3 is 2.27 bits per heavy atom. The Balaban J connectivity index is 1.64. The van der Waals surface area contributed by atoms with E-state index in [4.69, 9.17) is 0 Å². The van der Waals surface area contributed by atoms with Crippen molar-refractivity contribution in [2.45, 2.75) is 19.4 Å². The van der Waals surface area contributed by atoms with Crippen molar-refractivity contribution in [2.24, 2.45) is 0 Å². The van der Waals surface area contributed by atoms with Crippen molar-refractivity contribution >= 4 is 17.3 Å². The molecule has 4 rings (SSSR count). The molecule has 6 nitrogen and oxygen atoms in total. The number of fused-ring (bicyclic) bond motifs is 2. The lowest BCUT2D eigenvalue weighted by molar-refractivity contribution is -0.118. The van der Waals surface area contributed by atoms with Crippen molar-refractivity contribution in [3.05, 3.63) is 71.8 Å². The van der Waals surface area contributed by atoms with E-state index in [9.17, 15) is 4.79 Å². The number of amides is 1. The molecule has 3 aromatic rings. The van der Waals surface area contributed by atoms with Crippen LogP contribution in [0.5, 0.6) is 0 Å². The summed E-state index contributed by atoms with van der Waals surface area (Å²) in [5, 5.41) is 6.69. The topological polar surface area (TPSA) is 65.1 Å². The van der Waals surface area contributed by atoms with Crippen LogP contribution in [0.15, 0.2) is 54.9 Å². The Kier molecular flexibility index (Phi) is 4.50. The number of nitrogens with zero attached hydrogens (tertiary/aromatic N) is 4. The predicted molar refractivity (Wildman–Crippen MR) is 100 cm³/mol. The summed E-state index contributed by atoms with van der Waals surface area (Å²) in [4.78, 5) is 21.2. The molecule has 0 radical (unpaired) electrons. The molecule has 1 amide bonds. The third kappa shape index (κ3) is 3.23. The van der Waals surface area contributed by atoms with Gasteiger partial charge in [0.2, 0.25) is 5.91 Å². The summed E-state index contributed by atoms with van der Waals surface area (Å²) in [5.41, 5.74) is 4.37. The van der Waals surface area contributed by atoms with Crippen LogP contribution in [0.2, 0.25) is 0 Å². The maximum absolute atomic E-state index is 13.3. The van der Waals surface area contributed by atoms with Crippen LogP contribution in [0, 0.1) is 0 Å². The predicted octanol–water partition coefficient (Wildman–Crippen LogP) is 2.70. The van der Waals surface area contributed by atoms with Crippen LogP contribution in [-0.2, 0) is 24.2 Å². The summed E-state index contributed by atoms with van der Waals surface area (Å²) < 4.78 is 0. The highest BCUT2D eigenvalue weighted by Gasteiger charge is 2.26. The number of H-pyrrole nitrogens is 1. The monoisotopic (exact) mass is 347 g/mol. The van der Waals surface area contributed by atoms with Crippen LogP contribution in [0.3, 0.4) is 0 Å². The van der Waals surface area contributed by atoms with Gasteiger partial charge in [-0.25, -0.2) is 4.98 Å². The van der Waals surface area contributed by atoms with Crippen molar-refractivity contribution in [2.75, 3.05) is 18.5 Å². The number of aromatic amines is 1. The first-order valence-corrected chi connectivity index (χ1v) is 8.74. The molecule has 1 aliphatic rings. The molecule has 0 saturated heterocycles. The molecule has 0 spiro atoms. The van der Waals surface area contributed by atoms with E-state index in [0.29, 0.717) is 13.1 Å². The molecule has 0 fully saturated rings. The van der Waals surface area contributed by atoms with Crippen LogP contribution < -0.4 is 4.90 Å². The number of nitrogens with one attached hydrogen (secondary N) is 1. The highest BCUT2D eigenvalue weighted by Crippen LogP contribution is 2.36. The number of carbonyl (C=O) groups is 1. The molecular formula is C20H21N5O. The smallest absolute Gasteiger partial charge is 0.245 e. The molecule has 1 aromatic heterocycles. The molecule has 0 unspecified atom stereocenters. The number of carbonyl (C=O) groups excluding carboxylic acids is 1. The number of rotatable bonds is 4. The Labute approximate surface area is 152 Å². The number of para-hydroxylation sites is 2. The summed E-state index contributed by atoms with van der Waals surface area (Å²) in [7, 11) is 1.91. The number of hydrogen-bond acceptors (Lipinski definition) is 4. The average Bonchev–Trinajstić information content (AvgIpc) is 3.08. The van der Waals surface area contributed by atoms with Gasteiger partial charge in [0.05, 0.1) is 24.5 Å². The molecule has 0 bridgehead atoms. The molecule has 1 N–H and O–H groups in total. The second-order valence-corrected chi connectivity index (χ2v) is 6.59. The summed E-state index contributed by atoms with van der Waals surface area (Å²) >= 11 is 0. The fourth-order valence-corrected chi connectivity index (χ4v) is 3.47. The normalized spacial score (nSPS) is 13.2. The van der Waals surface area contributed by atoms with Gasteiger partial charge in [0.15, 0.2) is 0 Å². The fraction of sp³-hybridized carbons (Fsp3) is 0.250. The third-order valence-electron chi connectivity index (χ3n) is 4.67. The zero-order valence-electron chi connectivity index (χ0n) is 14.7. The average molecular weight is 347 g/mol. The summed E-state index contributed by atoms with van der Waals surface area (Å²) in [5.74, 6) is 0.797. The Morgan fingerprint density at radius 1 is 1.08 bits per heavy atom. The van der Waals surface area contributed by atoms with E-state index in [1.165, 1.54) is 17.5 Å². The van der Waals surface area contributed by atoms with Gasteiger partial charge in [0.1, 0.15) is 12.2 Å². The van der Waals surface area contributed by atoms with Crippen LogP contribution in [0.4, 0.5) is 11.4 Å². The molecule has 1 aliphatic heterocycles. The molecule has 0 atom stereocenters. The lowest BCUT2D eigenvalue weighted by Gasteiger charge is -2.27. The summed E-state index contributed by atoms with van der Waals surface area (Å²) in [6.45, 7) is 0.840. The first kappa shape index (κ1) is 16.5. The molecule has 132 valence electrons. The third-order valence-corrected chi connectivity index (χ3v) is 4.67. The van der Waals surface area contributed by atoms with Crippen LogP contribution in [0.25, 0.3) is 0 Å². The van der Waals surface area contributed by atoms with E-state index in [0.717, 1.165) is 30.0 Å². The van der Waals surface area contributed by atoms with E-state index < -0.39 is 0 Å². The number of aryl methyl sites for hydroxylation is 2. The van der Waals surface area contributed by atoms with Crippen molar-refractivity contribution in [1.82, 2.24) is 20.1 Å². The van der Waals surface area contributed by atoms with Gasteiger partial charge >= 0.3 is 0 Å². The van der Waals surface area contributed by atoms with Crippen molar-refractivity contribution < 1.29 is 4.79 Å². The van der Waals surface area contributed by atoms with Gasteiger partial charge in [0.25, 0.3) is 0 Å². The number of aromatic nitrogens is 3.